The highest BCUT2D eigenvalue weighted by Crippen LogP contribution is 2.32. The van der Waals surface area contributed by atoms with Crippen molar-refractivity contribution in [2.75, 3.05) is 40.0 Å². The zero-order valence-corrected chi connectivity index (χ0v) is 12.8. The number of ketones is 1. The van der Waals surface area contributed by atoms with Gasteiger partial charge in [-0.15, -0.1) is 0 Å². The second kappa shape index (κ2) is 8.75. The molecule has 1 aliphatic heterocycles. The first-order valence-corrected chi connectivity index (χ1v) is 8.16. The molecule has 1 saturated heterocycles. The molecule has 4 heteroatoms. The maximum atomic E-state index is 12.0. The second-order valence-electron chi connectivity index (χ2n) is 6.02. The molecule has 0 spiro atoms. The molecule has 2 atom stereocenters. The maximum absolute atomic E-state index is 12.0. The van der Waals surface area contributed by atoms with E-state index >= 15 is 0 Å². The summed E-state index contributed by atoms with van der Waals surface area (Å²) >= 11 is 0. The van der Waals surface area contributed by atoms with E-state index in [-0.39, 0.29) is 0 Å². The van der Waals surface area contributed by atoms with E-state index in [1.165, 1.54) is 19.3 Å². The molecule has 20 heavy (non-hydrogen) atoms. The SMILES string of the molecule is COCCOCCCN1CCCCC1C1CCCC1=O. The Labute approximate surface area is 122 Å². The van der Waals surface area contributed by atoms with E-state index in [2.05, 4.69) is 4.90 Å². The number of carbonyl (C=O) groups excluding carboxylic acids is 1. The average molecular weight is 283 g/mol. The molecule has 0 N–H and O–H groups in total. The van der Waals surface area contributed by atoms with Crippen LogP contribution in [0, 0.1) is 5.92 Å². The summed E-state index contributed by atoms with van der Waals surface area (Å²) in [6.07, 6.45) is 7.87. The number of ether oxygens (including phenoxy) is 2. The van der Waals surface area contributed by atoms with Gasteiger partial charge in [0.25, 0.3) is 0 Å². The lowest BCUT2D eigenvalue weighted by molar-refractivity contribution is -0.123. The van der Waals surface area contributed by atoms with Crippen LogP contribution in [-0.2, 0) is 14.3 Å². The van der Waals surface area contributed by atoms with Crippen LogP contribution in [0.5, 0.6) is 0 Å². The van der Waals surface area contributed by atoms with Crippen molar-refractivity contribution in [3.8, 4) is 0 Å². The largest absolute Gasteiger partial charge is 0.382 e. The summed E-state index contributed by atoms with van der Waals surface area (Å²) in [6.45, 7) is 4.38. The van der Waals surface area contributed by atoms with Crippen LogP contribution in [0.25, 0.3) is 0 Å². The van der Waals surface area contributed by atoms with Gasteiger partial charge in [-0.05, 0) is 38.6 Å². The first kappa shape index (κ1) is 15.9. The van der Waals surface area contributed by atoms with Gasteiger partial charge in [-0.1, -0.05) is 6.42 Å². The Balaban J connectivity index is 1.71. The van der Waals surface area contributed by atoms with E-state index in [4.69, 9.17) is 9.47 Å². The number of methoxy groups -OCH3 is 1. The molecular formula is C16H29NO3. The Morgan fingerprint density at radius 3 is 2.80 bits per heavy atom. The van der Waals surface area contributed by atoms with Crippen LogP contribution in [0.1, 0.15) is 44.9 Å². The van der Waals surface area contributed by atoms with Crippen molar-refractivity contribution in [1.29, 1.82) is 0 Å². The lowest BCUT2D eigenvalue weighted by Gasteiger charge is -2.38. The lowest BCUT2D eigenvalue weighted by atomic mass is 9.88. The molecule has 2 aliphatic rings. The minimum Gasteiger partial charge on any atom is -0.382 e. The van der Waals surface area contributed by atoms with Gasteiger partial charge in [0.2, 0.25) is 0 Å². The van der Waals surface area contributed by atoms with Gasteiger partial charge in [0, 0.05) is 38.6 Å². The Morgan fingerprint density at radius 2 is 2.05 bits per heavy atom. The maximum Gasteiger partial charge on any atom is 0.137 e. The van der Waals surface area contributed by atoms with Crippen molar-refractivity contribution < 1.29 is 14.3 Å². The number of hydrogen-bond donors (Lipinski definition) is 0. The molecule has 0 bridgehead atoms. The van der Waals surface area contributed by atoms with Gasteiger partial charge < -0.3 is 9.47 Å². The van der Waals surface area contributed by atoms with E-state index in [1.807, 2.05) is 0 Å². The summed E-state index contributed by atoms with van der Waals surface area (Å²) in [5.74, 6) is 0.836. The van der Waals surface area contributed by atoms with Gasteiger partial charge >= 0.3 is 0 Å². The third-order valence-corrected chi connectivity index (χ3v) is 4.65. The van der Waals surface area contributed by atoms with E-state index < -0.39 is 0 Å². The van der Waals surface area contributed by atoms with Crippen LogP contribution in [0.3, 0.4) is 0 Å². The zero-order chi connectivity index (χ0) is 14.2. The summed E-state index contributed by atoms with van der Waals surface area (Å²) in [7, 11) is 1.69. The predicted molar refractivity (Wildman–Crippen MR) is 78.9 cm³/mol. The minimum atomic E-state index is 0.324. The van der Waals surface area contributed by atoms with Gasteiger partial charge in [0.1, 0.15) is 5.78 Å². The highest BCUT2D eigenvalue weighted by molar-refractivity contribution is 5.83. The summed E-state index contributed by atoms with van der Waals surface area (Å²) in [6, 6.07) is 0.512. The topological polar surface area (TPSA) is 38.8 Å². The van der Waals surface area contributed by atoms with Crippen molar-refractivity contribution >= 4 is 5.78 Å². The van der Waals surface area contributed by atoms with Crippen LogP contribution < -0.4 is 0 Å². The fraction of sp³-hybridized carbons (Fsp3) is 0.938. The molecule has 0 aromatic rings. The summed E-state index contributed by atoms with van der Waals surface area (Å²) in [4.78, 5) is 14.6. The van der Waals surface area contributed by atoms with Crippen molar-refractivity contribution in [1.82, 2.24) is 4.90 Å². The number of piperidine rings is 1. The monoisotopic (exact) mass is 283 g/mol. The number of rotatable bonds is 8. The number of nitrogens with zero attached hydrogens (tertiary/aromatic N) is 1. The predicted octanol–water partition coefficient (Wildman–Crippen LogP) is 2.26. The number of Topliss-reactive ketones (excluding diaryl/α,β-unsaturated/α-hetero) is 1. The molecule has 1 saturated carbocycles. The highest BCUT2D eigenvalue weighted by atomic mass is 16.5. The Morgan fingerprint density at radius 1 is 1.15 bits per heavy atom. The molecule has 4 nitrogen and oxygen atoms in total. The van der Waals surface area contributed by atoms with Gasteiger partial charge in [0.15, 0.2) is 0 Å². The molecule has 0 aromatic carbocycles. The Bertz CT molecular complexity index is 295. The third kappa shape index (κ3) is 4.54. The van der Waals surface area contributed by atoms with Crippen LogP contribution in [0.4, 0.5) is 0 Å². The molecule has 0 aromatic heterocycles. The molecule has 2 rings (SSSR count). The lowest BCUT2D eigenvalue weighted by Crippen LogP contribution is -2.46. The smallest absolute Gasteiger partial charge is 0.137 e. The van der Waals surface area contributed by atoms with Gasteiger partial charge in [-0.3, -0.25) is 9.69 Å². The van der Waals surface area contributed by atoms with Crippen molar-refractivity contribution in [2.45, 2.75) is 51.0 Å². The van der Waals surface area contributed by atoms with Crippen molar-refractivity contribution in [3.05, 3.63) is 0 Å². The fourth-order valence-corrected chi connectivity index (χ4v) is 3.61. The Kier molecular flexibility index (Phi) is 6.97. The normalized spacial score (nSPS) is 28.1. The quantitative estimate of drug-likeness (QED) is 0.641. The molecule has 0 radical (unpaired) electrons. The molecule has 2 unspecified atom stereocenters. The van der Waals surface area contributed by atoms with E-state index in [9.17, 15) is 4.79 Å². The zero-order valence-electron chi connectivity index (χ0n) is 12.8. The summed E-state index contributed by atoms with van der Waals surface area (Å²) in [5.41, 5.74) is 0. The van der Waals surface area contributed by atoms with E-state index in [0.29, 0.717) is 31.0 Å². The van der Waals surface area contributed by atoms with Crippen LogP contribution in [0.2, 0.25) is 0 Å². The standard InChI is InChI=1S/C16H29NO3/c1-19-12-13-20-11-5-10-17-9-3-2-7-15(17)14-6-4-8-16(14)18/h14-15H,2-13H2,1H3. The van der Waals surface area contributed by atoms with Crippen molar-refractivity contribution in [2.24, 2.45) is 5.92 Å². The van der Waals surface area contributed by atoms with Crippen LogP contribution in [-0.4, -0.2) is 56.7 Å². The Hall–Kier alpha value is -0.450. The fourth-order valence-electron chi connectivity index (χ4n) is 3.61. The number of hydrogen-bond acceptors (Lipinski definition) is 4. The third-order valence-electron chi connectivity index (χ3n) is 4.65. The first-order valence-electron chi connectivity index (χ1n) is 8.16. The number of carbonyl (C=O) groups is 1. The number of likely N-dealkylation sites (tertiary alicyclic amines) is 1. The average Bonchev–Trinajstić information content (AvgIpc) is 2.89. The van der Waals surface area contributed by atoms with Gasteiger partial charge in [-0.2, -0.15) is 0 Å². The minimum absolute atomic E-state index is 0.324. The molecular weight excluding hydrogens is 254 g/mol. The van der Waals surface area contributed by atoms with Crippen LogP contribution in [0.15, 0.2) is 0 Å². The highest BCUT2D eigenvalue weighted by Gasteiger charge is 2.36. The van der Waals surface area contributed by atoms with Gasteiger partial charge in [-0.25, -0.2) is 0 Å². The molecule has 0 amide bonds. The molecule has 1 heterocycles. The molecule has 116 valence electrons. The first-order chi connectivity index (χ1) is 9.83. The van der Waals surface area contributed by atoms with E-state index in [0.717, 1.165) is 45.4 Å². The second-order valence-corrected chi connectivity index (χ2v) is 6.02. The van der Waals surface area contributed by atoms with Gasteiger partial charge in [0.05, 0.1) is 13.2 Å². The molecule has 2 fully saturated rings. The summed E-state index contributed by atoms with van der Waals surface area (Å²) < 4.78 is 10.5. The molecule has 1 aliphatic carbocycles. The van der Waals surface area contributed by atoms with E-state index in [1.54, 1.807) is 7.11 Å². The summed E-state index contributed by atoms with van der Waals surface area (Å²) in [5, 5.41) is 0. The van der Waals surface area contributed by atoms with Crippen molar-refractivity contribution in [3.63, 3.8) is 0 Å². The van der Waals surface area contributed by atoms with Crippen LogP contribution >= 0.6 is 0 Å².